The zero-order valence-electron chi connectivity index (χ0n) is 21.8. The smallest absolute Gasteiger partial charge is 0.225 e. The van der Waals surface area contributed by atoms with E-state index in [2.05, 4.69) is 110 Å². The van der Waals surface area contributed by atoms with Crippen molar-refractivity contribution < 1.29 is 0 Å². The van der Waals surface area contributed by atoms with Gasteiger partial charge in [0.05, 0.1) is 22.6 Å². The van der Waals surface area contributed by atoms with Crippen molar-refractivity contribution in [3.8, 4) is 16.9 Å². The molecule has 6 rings (SSSR count). The average Bonchev–Trinajstić information content (AvgIpc) is 3.50. The van der Waals surface area contributed by atoms with Crippen LogP contribution in [0.4, 0.5) is 5.95 Å². The lowest BCUT2D eigenvalue weighted by Crippen LogP contribution is -2.31. The Balaban J connectivity index is 1.62. The number of nitrogens with zero attached hydrogens (tertiary/aromatic N) is 6. The molecule has 1 aliphatic rings. The minimum atomic E-state index is 0.740. The summed E-state index contributed by atoms with van der Waals surface area (Å²) in [5.74, 6) is 0.783. The maximum absolute atomic E-state index is 5.33. The van der Waals surface area contributed by atoms with Crippen LogP contribution in [0.1, 0.15) is 41.8 Å². The van der Waals surface area contributed by atoms with Gasteiger partial charge in [0.25, 0.3) is 0 Å². The molecule has 5 aromatic rings. The van der Waals surface area contributed by atoms with Crippen molar-refractivity contribution in [1.82, 2.24) is 24.3 Å². The molecule has 0 radical (unpaired) electrons. The van der Waals surface area contributed by atoms with Crippen LogP contribution < -0.4 is 4.90 Å². The summed E-state index contributed by atoms with van der Waals surface area (Å²) >= 11 is 2.45. The third-order valence-corrected chi connectivity index (χ3v) is 8.37. The van der Waals surface area contributed by atoms with Gasteiger partial charge in [-0.1, -0.05) is 38.1 Å². The highest BCUT2D eigenvalue weighted by Gasteiger charge is 2.29. The van der Waals surface area contributed by atoms with E-state index < -0.39 is 0 Å². The van der Waals surface area contributed by atoms with Crippen LogP contribution in [-0.2, 0) is 32.9 Å². The Morgan fingerprint density at radius 3 is 2.41 bits per heavy atom. The molecular formula is C30H31IN6. The average molecular weight is 603 g/mol. The zero-order valence-corrected chi connectivity index (χ0v) is 24.0. The number of fused-ring (bicyclic) bond motifs is 2. The third kappa shape index (κ3) is 4.04. The molecule has 0 unspecified atom stereocenters. The Kier molecular flexibility index (Phi) is 6.26. The van der Waals surface area contributed by atoms with Gasteiger partial charge in [-0.05, 0) is 71.2 Å². The number of rotatable bonds is 5. The predicted molar refractivity (Wildman–Crippen MR) is 158 cm³/mol. The van der Waals surface area contributed by atoms with Gasteiger partial charge in [0.1, 0.15) is 0 Å². The second-order valence-electron chi connectivity index (χ2n) is 9.83. The molecule has 188 valence electrons. The van der Waals surface area contributed by atoms with Crippen LogP contribution in [0.2, 0.25) is 0 Å². The molecular weight excluding hydrogens is 571 g/mol. The number of hydrogen-bond donors (Lipinski definition) is 0. The van der Waals surface area contributed by atoms with Gasteiger partial charge in [-0.3, -0.25) is 0 Å². The summed E-state index contributed by atoms with van der Waals surface area (Å²) in [6.45, 7) is 8.09. The second-order valence-corrected chi connectivity index (χ2v) is 11.0. The van der Waals surface area contributed by atoms with Gasteiger partial charge in [-0.2, -0.15) is 5.10 Å². The molecule has 0 spiro atoms. The van der Waals surface area contributed by atoms with Crippen LogP contribution >= 0.6 is 22.6 Å². The standard InChI is InChI=1S/C30H31IN6/c1-5-20-8-7-9-21(6-2)27(20)37-28(22-10-11-25(31)29-23(22)12-14-35(29)4)24-18-36(15-13-26(24)34-37)30-32-16-19(3)17-33-30/h7-12,14,16-17H,5-6,13,15,18H2,1-4H3. The first-order valence-electron chi connectivity index (χ1n) is 13.0. The molecule has 4 heterocycles. The Bertz CT molecular complexity index is 1590. The first kappa shape index (κ1) is 24.2. The molecule has 0 amide bonds. The van der Waals surface area contributed by atoms with E-state index in [9.17, 15) is 0 Å². The van der Waals surface area contributed by atoms with Gasteiger partial charge in [0, 0.05) is 65.2 Å². The van der Waals surface area contributed by atoms with Crippen molar-refractivity contribution in [3.63, 3.8) is 0 Å². The molecule has 0 bridgehead atoms. The molecule has 0 atom stereocenters. The highest BCUT2D eigenvalue weighted by molar-refractivity contribution is 14.1. The van der Waals surface area contributed by atoms with Crippen molar-refractivity contribution >= 4 is 39.4 Å². The molecule has 6 nitrogen and oxygen atoms in total. The van der Waals surface area contributed by atoms with E-state index in [1.807, 2.05) is 19.3 Å². The summed E-state index contributed by atoms with van der Waals surface area (Å²) in [5, 5.41) is 6.59. The molecule has 0 N–H and O–H groups in total. The number of aromatic nitrogens is 5. The molecule has 0 aliphatic carbocycles. The topological polar surface area (TPSA) is 51.8 Å². The van der Waals surface area contributed by atoms with Gasteiger partial charge < -0.3 is 9.47 Å². The van der Waals surface area contributed by atoms with Gasteiger partial charge in [0.2, 0.25) is 5.95 Å². The third-order valence-electron chi connectivity index (χ3n) is 7.50. The fraction of sp³-hybridized carbons (Fsp3) is 0.300. The first-order chi connectivity index (χ1) is 18.0. The van der Waals surface area contributed by atoms with Gasteiger partial charge >= 0.3 is 0 Å². The Morgan fingerprint density at radius 1 is 0.973 bits per heavy atom. The zero-order chi connectivity index (χ0) is 25.7. The molecule has 3 aromatic heterocycles. The molecule has 0 fully saturated rings. The molecule has 37 heavy (non-hydrogen) atoms. The van der Waals surface area contributed by atoms with E-state index in [-0.39, 0.29) is 0 Å². The maximum Gasteiger partial charge on any atom is 0.225 e. The lowest BCUT2D eigenvalue weighted by Gasteiger charge is -2.27. The lowest BCUT2D eigenvalue weighted by atomic mass is 9.97. The summed E-state index contributed by atoms with van der Waals surface area (Å²) in [7, 11) is 2.12. The number of halogens is 1. The van der Waals surface area contributed by atoms with Crippen LogP contribution in [0.15, 0.2) is 55.0 Å². The molecule has 7 heteroatoms. The number of anilines is 1. The molecule has 2 aromatic carbocycles. The SMILES string of the molecule is CCc1cccc(CC)c1-n1nc2c(c1-c1ccc(I)c3c1ccn3C)CN(c1ncc(C)cn1)CC2. The largest absolute Gasteiger partial charge is 0.350 e. The van der Waals surface area contributed by atoms with Crippen LogP contribution in [0, 0.1) is 10.5 Å². The van der Waals surface area contributed by atoms with Crippen molar-refractivity contribution in [1.29, 1.82) is 0 Å². The highest BCUT2D eigenvalue weighted by atomic mass is 127. The number of aryl methyl sites for hydroxylation is 4. The lowest BCUT2D eigenvalue weighted by molar-refractivity contribution is 0.694. The van der Waals surface area contributed by atoms with Crippen LogP contribution in [-0.4, -0.2) is 30.9 Å². The molecule has 1 aliphatic heterocycles. The van der Waals surface area contributed by atoms with E-state index in [1.54, 1.807) is 0 Å². The highest BCUT2D eigenvalue weighted by Crippen LogP contribution is 2.39. The predicted octanol–water partition coefficient (Wildman–Crippen LogP) is 6.42. The monoisotopic (exact) mass is 602 g/mol. The van der Waals surface area contributed by atoms with E-state index in [0.717, 1.165) is 43.9 Å². The number of hydrogen-bond acceptors (Lipinski definition) is 4. The summed E-state index contributed by atoms with van der Waals surface area (Å²) < 4.78 is 5.73. The van der Waals surface area contributed by atoms with Crippen molar-refractivity contribution in [2.75, 3.05) is 11.4 Å². The number of benzene rings is 2. The Morgan fingerprint density at radius 2 is 1.70 bits per heavy atom. The quantitative estimate of drug-likeness (QED) is 0.218. The fourth-order valence-corrected chi connectivity index (χ4v) is 6.45. The summed E-state index contributed by atoms with van der Waals surface area (Å²) in [6, 6.07) is 13.4. The van der Waals surface area contributed by atoms with Gasteiger partial charge in [-0.15, -0.1) is 0 Å². The van der Waals surface area contributed by atoms with E-state index in [1.165, 1.54) is 53.8 Å². The van der Waals surface area contributed by atoms with Crippen molar-refractivity contribution in [3.05, 3.63) is 86.5 Å². The Hall–Kier alpha value is -3.20. The van der Waals surface area contributed by atoms with E-state index in [0.29, 0.717) is 0 Å². The van der Waals surface area contributed by atoms with Crippen molar-refractivity contribution in [2.45, 2.75) is 46.6 Å². The van der Waals surface area contributed by atoms with Crippen LogP contribution in [0.5, 0.6) is 0 Å². The minimum absolute atomic E-state index is 0.740. The second kappa shape index (κ2) is 9.59. The first-order valence-corrected chi connectivity index (χ1v) is 14.1. The summed E-state index contributed by atoms with van der Waals surface area (Å²) in [4.78, 5) is 11.6. The molecule has 0 saturated heterocycles. The van der Waals surface area contributed by atoms with Crippen LogP contribution in [0.3, 0.4) is 0 Å². The Labute approximate surface area is 231 Å². The number of para-hydroxylation sites is 1. The minimum Gasteiger partial charge on any atom is -0.350 e. The van der Waals surface area contributed by atoms with Gasteiger partial charge in [-0.25, -0.2) is 14.6 Å². The maximum atomic E-state index is 5.33. The molecule has 0 saturated carbocycles. The summed E-state index contributed by atoms with van der Waals surface area (Å²) in [5.41, 5.74) is 11.1. The van der Waals surface area contributed by atoms with Crippen LogP contribution in [0.25, 0.3) is 27.8 Å². The summed E-state index contributed by atoms with van der Waals surface area (Å²) in [6.07, 6.45) is 8.76. The van der Waals surface area contributed by atoms with E-state index >= 15 is 0 Å². The van der Waals surface area contributed by atoms with Gasteiger partial charge in [0.15, 0.2) is 0 Å². The normalized spacial score (nSPS) is 13.4. The van der Waals surface area contributed by atoms with E-state index in [4.69, 9.17) is 5.10 Å². The fourth-order valence-electron chi connectivity index (χ4n) is 5.59. The van der Waals surface area contributed by atoms with Crippen molar-refractivity contribution in [2.24, 2.45) is 7.05 Å².